The van der Waals surface area contributed by atoms with Crippen molar-refractivity contribution in [2.24, 2.45) is 11.1 Å². The Labute approximate surface area is 95.8 Å². The van der Waals surface area contributed by atoms with Gasteiger partial charge >= 0.3 is 0 Å². The third-order valence-corrected chi connectivity index (χ3v) is 3.16. The lowest BCUT2D eigenvalue weighted by atomic mass is 9.92. The fourth-order valence-electron chi connectivity index (χ4n) is 1.88. The van der Waals surface area contributed by atoms with Crippen LogP contribution in [0.2, 0.25) is 0 Å². The Kier molecular flexibility index (Phi) is 2.84. The quantitative estimate of drug-likeness (QED) is 0.840. The molecule has 0 aromatic heterocycles. The zero-order chi connectivity index (χ0) is 11.6. The summed E-state index contributed by atoms with van der Waals surface area (Å²) in [5.41, 5.74) is 6.81. The standard InChI is InChI=1S/C13H16N2O/c1-2-16-11-5-3-10(4-6-11)12(15)13(9-14)7-8-13/h3-6,12H,2,7-8,15H2,1H3. The third kappa shape index (κ3) is 1.89. The van der Waals surface area contributed by atoms with Crippen LogP contribution in [-0.2, 0) is 0 Å². The molecule has 1 aromatic carbocycles. The lowest BCUT2D eigenvalue weighted by Crippen LogP contribution is -2.21. The molecule has 1 fully saturated rings. The van der Waals surface area contributed by atoms with Crippen LogP contribution >= 0.6 is 0 Å². The van der Waals surface area contributed by atoms with Gasteiger partial charge in [-0.25, -0.2) is 0 Å². The average Bonchev–Trinajstić information content (AvgIpc) is 3.10. The first-order valence-electron chi connectivity index (χ1n) is 5.61. The molecule has 0 bridgehead atoms. The molecule has 0 saturated heterocycles. The van der Waals surface area contributed by atoms with Gasteiger partial charge in [-0.05, 0) is 37.5 Å². The van der Waals surface area contributed by atoms with Crippen molar-refractivity contribution >= 4 is 0 Å². The number of hydrogen-bond donors (Lipinski definition) is 1. The van der Waals surface area contributed by atoms with Crippen LogP contribution in [0.15, 0.2) is 24.3 Å². The predicted octanol–water partition coefficient (Wildman–Crippen LogP) is 2.39. The van der Waals surface area contributed by atoms with Crippen LogP contribution in [0.5, 0.6) is 5.75 Å². The first-order chi connectivity index (χ1) is 7.72. The predicted molar refractivity (Wildman–Crippen MR) is 61.8 cm³/mol. The van der Waals surface area contributed by atoms with E-state index in [1.54, 1.807) is 0 Å². The Bertz CT molecular complexity index is 401. The van der Waals surface area contributed by atoms with Crippen LogP contribution < -0.4 is 10.5 Å². The Morgan fingerprint density at radius 2 is 2.06 bits per heavy atom. The highest BCUT2D eigenvalue weighted by molar-refractivity contribution is 5.33. The van der Waals surface area contributed by atoms with Crippen molar-refractivity contribution in [1.29, 1.82) is 5.26 Å². The Hall–Kier alpha value is -1.53. The maximum absolute atomic E-state index is 9.07. The second kappa shape index (κ2) is 4.15. The monoisotopic (exact) mass is 216 g/mol. The summed E-state index contributed by atoms with van der Waals surface area (Å²) in [6, 6.07) is 9.88. The molecule has 2 N–H and O–H groups in total. The fourth-order valence-corrected chi connectivity index (χ4v) is 1.88. The lowest BCUT2D eigenvalue weighted by molar-refractivity contribution is 0.340. The zero-order valence-electron chi connectivity index (χ0n) is 9.44. The lowest BCUT2D eigenvalue weighted by Gasteiger charge is -2.17. The van der Waals surface area contributed by atoms with E-state index in [0.717, 1.165) is 24.2 Å². The minimum absolute atomic E-state index is 0.173. The van der Waals surface area contributed by atoms with Gasteiger partial charge in [-0.2, -0.15) is 5.26 Å². The van der Waals surface area contributed by atoms with E-state index in [0.29, 0.717) is 6.61 Å². The first-order valence-corrected chi connectivity index (χ1v) is 5.61. The van der Waals surface area contributed by atoms with E-state index in [9.17, 15) is 0 Å². The van der Waals surface area contributed by atoms with Crippen molar-refractivity contribution < 1.29 is 4.74 Å². The normalized spacial score (nSPS) is 18.6. The molecule has 0 radical (unpaired) electrons. The van der Waals surface area contributed by atoms with Crippen molar-refractivity contribution in [2.75, 3.05) is 6.61 Å². The molecule has 0 spiro atoms. The minimum Gasteiger partial charge on any atom is -0.494 e. The molecule has 2 rings (SSSR count). The summed E-state index contributed by atoms with van der Waals surface area (Å²) in [5, 5.41) is 9.07. The van der Waals surface area contributed by atoms with E-state index in [1.807, 2.05) is 31.2 Å². The van der Waals surface area contributed by atoms with E-state index in [2.05, 4.69) is 6.07 Å². The Morgan fingerprint density at radius 3 is 2.50 bits per heavy atom. The summed E-state index contributed by atoms with van der Waals surface area (Å²) in [7, 11) is 0. The average molecular weight is 216 g/mol. The Balaban J connectivity index is 2.13. The molecule has 1 unspecified atom stereocenters. The number of nitriles is 1. The van der Waals surface area contributed by atoms with Crippen LogP contribution in [-0.4, -0.2) is 6.61 Å². The highest BCUT2D eigenvalue weighted by Gasteiger charge is 2.49. The highest BCUT2D eigenvalue weighted by atomic mass is 16.5. The van der Waals surface area contributed by atoms with Gasteiger partial charge in [-0.15, -0.1) is 0 Å². The smallest absolute Gasteiger partial charge is 0.119 e. The SMILES string of the molecule is CCOc1ccc(C(N)C2(C#N)CC2)cc1. The molecule has 1 aliphatic rings. The van der Waals surface area contributed by atoms with Crippen LogP contribution in [0.1, 0.15) is 31.4 Å². The highest BCUT2D eigenvalue weighted by Crippen LogP contribution is 2.53. The molecular weight excluding hydrogens is 200 g/mol. The van der Waals surface area contributed by atoms with E-state index in [4.69, 9.17) is 15.7 Å². The van der Waals surface area contributed by atoms with Crippen LogP contribution in [0.25, 0.3) is 0 Å². The van der Waals surface area contributed by atoms with Gasteiger partial charge in [0.15, 0.2) is 0 Å². The molecule has 0 amide bonds. The topological polar surface area (TPSA) is 59.0 Å². The minimum atomic E-state index is -0.312. The van der Waals surface area contributed by atoms with E-state index < -0.39 is 0 Å². The summed E-state index contributed by atoms with van der Waals surface area (Å²) in [5.74, 6) is 0.847. The molecule has 3 nitrogen and oxygen atoms in total. The second-order valence-electron chi connectivity index (χ2n) is 4.25. The zero-order valence-corrected chi connectivity index (χ0v) is 9.44. The maximum atomic E-state index is 9.07. The van der Waals surface area contributed by atoms with Gasteiger partial charge in [-0.1, -0.05) is 12.1 Å². The molecule has 0 heterocycles. The number of hydrogen-bond acceptors (Lipinski definition) is 3. The Morgan fingerprint density at radius 1 is 1.44 bits per heavy atom. The second-order valence-corrected chi connectivity index (χ2v) is 4.25. The molecule has 16 heavy (non-hydrogen) atoms. The molecule has 0 aliphatic heterocycles. The van der Waals surface area contributed by atoms with Crippen molar-refractivity contribution in [1.82, 2.24) is 0 Å². The molecule has 3 heteroatoms. The largest absolute Gasteiger partial charge is 0.494 e. The summed E-state index contributed by atoms with van der Waals surface area (Å²) >= 11 is 0. The fraction of sp³-hybridized carbons (Fsp3) is 0.462. The molecule has 1 saturated carbocycles. The maximum Gasteiger partial charge on any atom is 0.119 e. The van der Waals surface area contributed by atoms with Crippen molar-refractivity contribution in [3.05, 3.63) is 29.8 Å². The van der Waals surface area contributed by atoms with Crippen molar-refractivity contribution in [3.8, 4) is 11.8 Å². The number of nitrogens with two attached hydrogens (primary N) is 1. The summed E-state index contributed by atoms with van der Waals surface area (Å²) in [6.07, 6.45) is 1.83. The summed E-state index contributed by atoms with van der Waals surface area (Å²) < 4.78 is 5.36. The van der Waals surface area contributed by atoms with Crippen molar-refractivity contribution in [2.45, 2.75) is 25.8 Å². The number of ether oxygens (including phenoxy) is 1. The van der Waals surface area contributed by atoms with Gasteiger partial charge < -0.3 is 10.5 Å². The molecule has 84 valence electrons. The number of nitrogens with zero attached hydrogens (tertiary/aromatic N) is 1. The van der Waals surface area contributed by atoms with Gasteiger partial charge in [0.25, 0.3) is 0 Å². The molecule has 1 aromatic rings. The molecule has 1 atom stereocenters. The van der Waals surface area contributed by atoms with Gasteiger partial charge in [0, 0.05) is 6.04 Å². The van der Waals surface area contributed by atoms with Crippen LogP contribution in [0.3, 0.4) is 0 Å². The first kappa shape index (κ1) is 11.0. The van der Waals surface area contributed by atoms with Crippen LogP contribution in [0, 0.1) is 16.7 Å². The number of rotatable bonds is 4. The third-order valence-electron chi connectivity index (χ3n) is 3.16. The van der Waals surface area contributed by atoms with Gasteiger partial charge in [0.05, 0.1) is 18.1 Å². The number of benzene rings is 1. The van der Waals surface area contributed by atoms with Gasteiger partial charge in [0.2, 0.25) is 0 Å². The summed E-state index contributed by atoms with van der Waals surface area (Å²) in [4.78, 5) is 0. The van der Waals surface area contributed by atoms with E-state index in [-0.39, 0.29) is 11.5 Å². The van der Waals surface area contributed by atoms with E-state index in [1.165, 1.54) is 0 Å². The van der Waals surface area contributed by atoms with Gasteiger partial charge in [0.1, 0.15) is 5.75 Å². The molecule has 1 aliphatic carbocycles. The molecular formula is C13H16N2O. The van der Waals surface area contributed by atoms with E-state index >= 15 is 0 Å². The van der Waals surface area contributed by atoms with Crippen molar-refractivity contribution in [3.63, 3.8) is 0 Å². The summed E-state index contributed by atoms with van der Waals surface area (Å²) in [6.45, 7) is 2.61. The van der Waals surface area contributed by atoms with Crippen LogP contribution in [0.4, 0.5) is 0 Å². The van der Waals surface area contributed by atoms with Gasteiger partial charge in [-0.3, -0.25) is 0 Å².